The van der Waals surface area contributed by atoms with Crippen LogP contribution in [0, 0.1) is 0 Å². The third kappa shape index (κ3) is 4.70. The number of amidine groups is 1. The van der Waals surface area contributed by atoms with E-state index in [0.29, 0.717) is 23.9 Å². The van der Waals surface area contributed by atoms with E-state index in [1.807, 2.05) is 42.2 Å². The van der Waals surface area contributed by atoms with E-state index >= 15 is 0 Å². The monoisotopic (exact) mass is 403 g/mol. The first-order valence-corrected chi connectivity index (χ1v) is 11.1. The maximum Gasteiger partial charge on any atom is 0.286 e. The first-order chi connectivity index (χ1) is 13.0. The second-order valence-corrected chi connectivity index (χ2v) is 8.54. The lowest BCUT2D eigenvalue weighted by Crippen LogP contribution is -2.35. The minimum absolute atomic E-state index is 0.113. The molecule has 2 aromatic rings. The maximum absolute atomic E-state index is 12.6. The number of anilines is 1. The normalized spacial score (nSPS) is 15.0. The average Bonchev–Trinajstić information content (AvgIpc) is 2.68. The molecule has 0 aromatic heterocycles. The number of hydrogen-bond acceptors (Lipinski definition) is 5. The lowest BCUT2D eigenvalue weighted by atomic mass is 10.2. The van der Waals surface area contributed by atoms with Crippen molar-refractivity contribution in [2.45, 2.75) is 24.8 Å². The highest BCUT2D eigenvalue weighted by Gasteiger charge is 2.31. The Morgan fingerprint density at radius 2 is 1.81 bits per heavy atom. The van der Waals surface area contributed by atoms with Crippen LogP contribution >= 0.6 is 11.8 Å². The summed E-state index contributed by atoms with van der Waals surface area (Å²) in [5.74, 6) is -0.0255. The summed E-state index contributed by atoms with van der Waals surface area (Å²) in [4.78, 5) is 14.0. The molecule has 8 heteroatoms. The zero-order chi connectivity index (χ0) is 19.3. The van der Waals surface area contributed by atoms with Gasteiger partial charge in [-0.15, -0.1) is 4.40 Å². The summed E-state index contributed by atoms with van der Waals surface area (Å²) in [5, 5.41) is 3.10. The summed E-state index contributed by atoms with van der Waals surface area (Å²) in [6.07, 6.45) is 0.846. The Bertz CT molecular complexity index is 944. The lowest BCUT2D eigenvalue weighted by molar-refractivity contribution is -0.118. The van der Waals surface area contributed by atoms with E-state index in [2.05, 4.69) is 9.71 Å². The van der Waals surface area contributed by atoms with Crippen LogP contribution in [0.4, 0.5) is 5.69 Å². The highest BCUT2D eigenvalue weighted by Crippen LogP contribution is 2.35. The molecule has 1 N–H and O–H groups in total. The highest BCUT2D eigenvalue weighted by molar-refractivity contribution is 8.15. The van der Waals surface area contributed by atoms with Crippen LogP contribution < -0.4 is 10.2 Å². The average molecular weight is 404 g/mol. The van der Waals surface area contributed by atoms with E-state index < -0.39 is 10.0 Å². The van der Waals surface area contributed by atoms with Crippen molar-refractivity contribution in [2.24, 2.45) is 4.40 Å². The summed E-state index contributed by atoms with van der Waals surface area (Å²) in [6, 6.07) is 16.6. The number of rotatable bonds is 6. The Morgan fingerprint density at radius 3 is 2.56 bits per heavy atom. The Kier molecular flexibility index (Phi) is 6.18. The summed E-state index contributed by atoms with van der Waals surface area (Å²) >= 11 is 1.13. The van der Waals surface area contributed by atoms with Gasteiger partial charge in [-0.05, 0) is 24.1 Å². The molecular weight excluding hydrogens is 382 g/mol. The molecule has 3 rings (SSSR count). The van der Waals surface area contributed by atoms with Crippen molar-refractivity contribution < 1.29 is 13.2 Å². The summed E-state index contributed by atoms with van der Waals surface area (Å²) in [6.45, 7) is 3.04. The third-order valence-electron chi connectivity index (χ3n) is 3.95. The number of nitrogens with one attached hydrogen (secondary N) is 1. The summed E-state index contributed by atoms with van der Waals surface area (Å²) in [7, 11) is -3.79. The minimum atomic E-state index is -3.79. The minimum Gasteiger partial charge on any atom is -0.355 e. The van der Waals surface area contributed by atoms with Gasteiger partial charge in [-0.3, -0.25) is 4.79 Å². The fraction of sp³-hybridized carbons (Fsp3) is 0.263. The van der Waals surface area contributed by atoms with Crippen LogP contribution in [-0.2, 0) is 21.4 Å². The van der Waals surface area contributed by atoms with E-state index in [4.69, 9.17) is 0 Å². The number of amides is 1. The van der Waals surface area contributed by atoms with Gasteiger partial charge in [-0.1, -0.05) is 61.2 Å². The number of sulfonamides is 1. The molecular formula is C19H21N3O3S2. The number of para-hydroxylation sites is 1. The molecule has 0 bridgehead atoms. The van der Waals surface area contributed by atoms with Crippen molar-refractivity contribution >= 4 is 38.5 Å². The van der Waals surface area contributed by atoms with Crippen molar-refractivity contribution in [3.05, 3.63) is 60.2 Å². The van der Waals surface area contributed by atoms with E-state index in [1.54, 1.807) is 24.3 Å². The van der Waals surface area contributed by atoms with Gasteiger partial charge in [0.2, 0.25) is 5.91 Å². The molecule has 6 nitrogen and oxygen atoms in total. The first kappa shape index (κ1) is 19.4. The van der Waals surface area contributed by atoms with Crippen molar-refractivity contribution in [3.63, 3.8) is 0 Å². The van der Waals surface area contributed by atoms with Crippen LogP contribution in [0.3, 0.4) is 0 Å². The number of benzene rings is 2. The van der Waals surface area contributed by atoms with Crippen molar-refractivity contribution in [2.75, 3.05) is 17.2 Å². The van der Waals surface area contributed by atoms with E-state index in [0.717, 1.165) is 23.7 Å². The van der Waals surface area contributed by atoms with Gasteiger partial charge in [-0.2, -0.15) is 8.42 Å². The second-order valence-electron chi connectivity index (χ2n) is 6.03. The Morgan fingerprint density at radius 1 is 1.11 bits per heavy atom. The topological polar surface area (TPSA) is 78.8 Å². The molecule has 0 atom stereocenters. The molecule has 0 aliphatic carbocycles. The molecule has 142 valence electrons. The van der Waals surface area contributed by atoms with Gasteiger partial charge < -0.3 is 10.2 Å². The predicted molar refractivity (Wildman–Crippen MR) is 109 cm³/mol. The van der Waals surface area contributed by atoms with Gasteiger partial charge in [0.15, 0.2) is 5.17 Å². The van der Waals surface area contributed by atoms with Crippen LogP contribution in [0.25, 0.3) is 0 Å². The zero-order valence-corrected chi connectivity index (χ0v) is 16.6. The number of carbonyl (C=O) groups excluding carboxylic acids is 1. The Labute approximate surface area is 163 Å². The molecule has 1 aliphatic heterocycles. The fourth-order valence-corrected chi connectivity index (χ4v) is 4.95. The Balaban J connectivity index is 1.90. The van der Waals surface area contributed by atoms with Gasteiger partial charge >= 0.3 is 0 Å². The van der Waals surface area contributed by atoms with E-state index in [9.17, 15) is 13.2 Å². The van der Waals surface area contributed by atoms with E-state index in [1.165, 1.54) is 0 Å². The number of carbonyl (C=O) groups is 1. The number of hydrogen-bond donors (Lipinski definition) is 1. The van der Waals surface area contributed by atoms with Crippen molar-refractivity contribution in [1.82, 2.24) is 5.32 Å². The second kappa shape index (κ2) is 8.58. The predicted octanol–water partition coefficient (Wildman–Crippen LogP) is 3.01. The quantitative estimate of drug-likeness (QED) is 0.802. The van der Waals surface area contributed by atoms with Crippen LogP contribution in [0.15, 0.2) is 63.9 Å². The number of nitrogens with zero attached hydrogens (tertiary/aromatic N) is 2. The molecule has 1 heterocycles. The number of thioether (sulfide) groups is 1. The maximum atomic E-state index is 12.6. The first-order valence-electron chi connectivity index (χ1n) is 8.66. The molecule has 2 aromatic carbocycles. The summed E-state index contributed by atoms with van der Waals surface area (Å²) in [5.41, 5.74) is 1.60. The molecule has 0 fully saturated rings. The molecule has 1 aliphatic rings. The lowest BCUT2D eigenvalue weighted by Gasteiger charge is -2.30. The molecule has 0 unspecified atom stereocenters. The van der Waals surface area contributed by atoms with Gasteiger partial charge in [-0.25, -0.2) is 0 Å². The molecule has 0 spiro atoms. The van der Waals surface area contributed by atoms with Crippen molar-refractivity contribution in [3.8, 4) is 0 Å². The van der Waals surface area contributed by atoms with Gasteiger partial charge in [0, 0.05) is 6.54 Å². The van der Waals surface area contributed by atoms with Gasteiger partial charge in [0.1, 0.15) is 4.90 Å². The van der Waals surface area contributed by atoms with Gasteiger partial charge in [0.25, 0.3) is 10.0 Å². The zero-order valence-electron chi connectivity index (χ0n) is 15.0. The van der Waals surface area contributed by atoms with Crippen molar-refractivity contribution in [1.29, 1.82) is 0 Å². The molecule has 27 heavy (non-hydrogen) atoms. The third-order valence-corrected chi connectivity index (χ3v) is 6.36. The fourth-order valence-electron chi connectivity index (χ4n) is 2.67. The van der Waals surface area contributed by atoms with Gasteiger partial charge in [0.05, 0.1) is 18.0 Å². The largest absolute Gasteiger partial charge is 0.355 e. The van der Waals surface area contributed by atoms with Crippen LogP contribution in [-0.4, -0.2) is 31.8 Å². The smallest absolute Gasteiger partial charge is 0.286 e. The van der Waals surface area contributed by atoms with Crippen LogP contribution in [0.5, 0.6) is 0 Å². The highest BCUT2D eigenvalue weighted by atomic mass is 32.2. The standard InChI is InChI=1S/C19H21N3O3S2/c1-2-12-20-18(23)14-26-19-21-27(24,25)17-11-7-6-10-16(17)22(19)13-15-8-4-3-5-9-15/h3-11H,2,12-14H2,1H3,(H,20,23). The van der Waals surface area contributed by atoms with Crippen LogP contribution in [0.1, 0.15) is 18.9 Å². The number of fused-ring (bicyclic) bond motifs is 1. The molecule has 0 saturated heterocycles. The molecule has 0 radical (unpaired) electrons. The Hall–Kier alpha value is -2.32. The van der Waals surface area contributed by atoms with Crippen LogP contribution in [0.2, 0.25) is 0 Å². The summed E-state index contributed by atoms with van der Waals surface area (Å²) < 4.78 is 29.1. The molecule has 1 amide bonds. The SMILES string of the molecule is CCCNC(=O)CSC1=NS(=O)(=O)c2ccccc2N1Cc1ccccc1. The molecule has 0 saturated carbocycles. The van der Waals surface area contributed by atoms with E-state index in [-0.39, 0.29) is 16.6 Å².